The molecule has 1 aliphatic heterocycles. The van der Waals surface area contributed by atoms with Crippen LogP contribution in [0, 0.1) is 0 Å². The summed E-state index contributed by atoms with van der Waals surface area (Å²) >= 11 is 3.39. The molecule has 0 radical (unpaired) electrons. The fraction of sp³-hybridized carbons (Fsp3) is 0.182. The van der Waals surface area contributed by atoms with Crippen molar-refractivity contribution in [3.8, 4) is 0 Å². The number of hydrogen-bond donors (Lipinski definition) is 1. The highest BCUT2D eigenvalue weighted by Crippen LogP contribution is 2.26. The Morgan fingerprint density at radius 3 is 2.89 bits per heavy atom. The van der Waals surface area contributed by atoms with Gasteiger partial charge in [0, 0.05) is 13.0 Å². The van der Waals surface area contributed by atoms with Crippen molar-refractivity contribution in [2.45, 2.75) is 6.42 Å². The molecular weight excluding hydrogens is 300 g/mol. The van der Waals surface area contributed by atoms with E-state index < -0.39 is 6.03 Å². The molecule has 0 spiro atoms. The van der Waals surface area contributed by atoms with E-state index in [9.17, 15) is 9.59 Å². The van der Waals surface area contributed by atoms with Crippen molar-refractivity contribution in [1.29, 1.82) is 0 Å². The molecule has 3 amide bonds. The normalized spacial score (nSPS) is 16.2. The van der Waals surface area contributed by atoms with E-state index in [-0.39, 0.29) is 5.91 Å². The molecule has 92 valence electrons. The largest absolute Gasteiger partial charge is 0.328 e. The van der Waals surface area contributed by atoms with E-state index in [1.54, 1.807) is 15.6 Å². The van der Waals surface area contributed by atoms with Crippen LogP contribution in [0.15, 0.2) is 29.0 Å². The van der Waals surface area contributed by atoms with Crippen LogP contribution in [0.25, 0.3) is 5.52 Å². The van der Waals surface area contributed by atoms with Crippen LogP contribution in [0.1, 0.15) is 6.42 Å². The highest BCUT2D eigenvalue weighted by Gasteiger charge is 2.25. The van der Waals surface area contributed by atoms with Gasteiger partial charge in [0.05, 0.1) is 17.4 Å². The summed E-state index contributed by atoms with van der Waals surface area (Å²) in [6, 6.07) is 5.08. The van der Waals surface area contributed by atoms with Gasteiger partial charge in [0.1, 0.15) is 4.60 Å². The first-order valence-electron chi connectivity index (χ1n) is 5.40. The minimum absolute atomic E-state index is 0.238. The number of hydrogen-bond acceptors (Lipinski definition) is 3. The summed E-state index contributed by atoms with van der Waals surface area (Å²) in [7, 11) is 0. The zero-order valence-corrected chi connectivity index (χ0v) is 10.8. The second kappa shape index (κ2) is 4.09. The lowest BCUT2D eigenvalue weighted by molar-refractivity contribution is -0.120. The van der Waals surface area contributed by atoms with E-state index in [0.29, 0.717) is 13.0 Å². The Kier molecular flexibility index (Phi) is 2.55. The fourth-order valence-electron chi connectivity index (χ4n) is 1.99. The van der Waals surface area contributed by atoms with Gasteiger partial charge < -0.3 is 0 Å². The van der Waals surface area contributed by atoms with E-state index in [4.69, 9.17) is 0 Å². The van der Waals surface area contributed by atoms with Crippen LogP contribution < -0.4 is 10.2 Å². The smallest absolute Gasteiger partial charge is 0.291 e. The van der Waals surface area contributed by atoms with Crippen molar-refractivity contribution in [3.63, 3.8) is 0 Å². The third-order valence-electron chi connectivity index (χ3n) is 2.83. The number of pyridine rings is 1. The third-order valence-corrected chi connectivity index (χ3v) is 3.43. The van der Waals surface area contributed by atoms with Crippen molar-refractivity contribution in [2.75, 3.05) is 11.4 Å². The predicted molar refractivity (Wildman–Crippen MR) is 68.4 cm³/mol. The van der Waals surface area contributed by atoms with Crippen LogP contribution in [-0.2, 0) is 4.79 Å². The first-order chi connectivity index (χ1) is 8.66. The zero-order chi connectivity index (χ0) is 12.7. The Balaban J connectivity index is 2.09. The van der Waals surface area contributed by atoms with Crippen LogP contribution in [0.2, 0.25) is 0 Å². The maximum atomic E-state index is 11.8. The van der Waals surface area contributed by atoms with Crippen molar-refractivity contribution >= 4 is 39.1 Å². The van der Waals surface area contributed by atoms with Crippen LogP contribution >= 0.6 is 15.9 Å². The number of imide groups is 1. The molecule has 7 heteroatoms. The summed E-state index contributed by atoms with van der Waals surface area (Å²) in [6.45, 7) is 0.382. The summed E-state index contributed by atoms with van der Waals surface area (Å²) in [5.74, 6) is -0.238. The molecule has 1 fully saturated rings. The number of carbonyl (C=O) groups excluding carboxylic acids is 2. The number of amides is 3. The molecule has 18 heavy (non-hydrogen) atoms. The number of nitrogens with zero attached hydrogens (tertiary/aromatic N) is 3. The second-order valence-corrected chi connectivity index (χ2v) is 4.74. The highest BCUT2D eigenvalue weighted by atomic mass is 79.9. The molecule has 6 nitrogen and oxygen atoms in total. The van der Waals surface area contributed by atoms with Crippen molar-refractivity contribution in [1.82, 2.24) is 14.9 Å². The van der Waals surface area contributed by atoms with E-state index >= 15 is 0 Å². The van der Waals surface area contributed by atoms with Gasteiger partial charge in [0.15, 0.2) is 0 Å². The maximum absolute atomic E-state index is 11.8. The first-order valence-corrected chi connectivity index (χ1v) is 6.20. The SMILES string of the molecule is O=C1CCN(c2ccc(Br)n3nccc23)C(=O)N1. The predicted octanol–water partition coefficient (Wildman–Crippen LogP) is 1.54. The van der Waals surface area contributed by atoms with Crippen LogP contribution in [0.5, 0.6) is 0 Å². The number of halogens is 1. The number of aromatic nitrogens is 2. The number of fused-ring (bicyclic) bond motifs is 1. The molecule has 1 N–H and O–H groups in total. The summed E-state index contributed by atoms with van der Waals surface area (Å²) in [5.41, 5.74) is 1.55. The molecule has 1 aliphatic rings. The van der Waals surface area contributed by atoms with Gasteiger partial charge in [-0.3, -0.25) is 15.0 Å². The first kappa shape index (κ1) is 11.2. The zero-order valence-electron chi connectivity index (χ0n) is 9.26. The van der Waals surface area contributed by atoms with Crippen LogP contribution in [-0.4, -0.2) is 28.1 Å². The van der Waals surface area contributed by atoms with E-state index in [2.05, 4.69) is 26.3 Å². The van der Waals surface area contributed by atoms with Crippen molar-refractivity contribution < 1.29 is 9.59 Å². The highest BCUT2D eigenvalue weighted by molar-refractivity contribution is 9.10. The topological polar surface area (TPSA) is 66.7 Å². The van der Waals surface area contributed by atoms with Crippen molar-refractivity contribution in [3.05, 3.63) is 29.0 Å². The summed E-state index contributed by atoms with van der Waals surface area (Å²) in [4.78, 5) is 24.5. The van der Waals surface area contributed by atoms with Gasteiger partial charge in [-0.1, -0.05) is 0 Å². The van der Waals surface area contributed by atoms with Gasteiger partial charge in [-0.15, -0.1) is 0 Å². The Morgan fingerprint density at radius 2 is 2.11 bits per heavy atom. The van der Waals surface area contributed by atoms with Gasteiger partial charge in [0.25, 0.3) is 0 Å². The number of urea groups is 1. The number of anilines is 1. The average molecular weight is 309 g/mol. The minimum atomic E-state index is -0.392. The van der Waals surface area contributed by atoms with E-state index in [1.807, 2.05) is 18.2 Å². The maximum Gasteiger partial charge on any atom is 0.328 e. The molecule has 3 rings (SSSR count). The van der Waals surface area contributed by atoms with E-state index in [0.717, 1.165) is 15.8 Å². The number of rotatable bonds is 1. The Hall–Kier alpha value is -1.89. The molecule has 0 aliphatic carbocycles. The lowest BCUT2D eigenvalue weighted by Crippen LogP contribution is -2.49. The van der Waals surface area contributed by atoms with E-state index in [1.165, 1.54) is 0 Å². The molecule has 0 saturated carbocycles. The van der Waals surface area contributed by atoms with Crippen molar-refractivity contribution in [2.24, 2.45) is 0 Å². The lowest BCUT2D eigenvalue weighted by Gasteiger charge is -2.27. The summed E-state index contributed by atoms with van der Waals surface area (Å²) in [6.07, 6.45) is 1.97. The Labute approximate surface area is 111 Å². The van der Waals surface area contributed by atoms with Gasteiger partial charge in [0.2, 0.25) is 5.91 Å². The summed E-state index contributed by atoms with van der Waals surface area (Å²) in [5, 5.41) is 6.46. The molecule has 0 atom stereocenters. The van der Waals surface area contributed by atoms with Gasteiger partial charge in [-0.2, -0.15) is 5.10 Å². The quantitative estimate of drug-likeness (QED) is 0.813. The number of nitrogens with one attached hydrogen (secondary N) is 1. The van der Waals surface area contributed by atoms with Gasteiger partial charge in [-0.05, 0) is 34.1 Å². The molecule has 2 aromatic heterocycles. The Morgan fingerprint density at radius 1 is 1.28 bits per heavy atom. The molecule has 2 aromatic rings. The number of carbonyl (C=O) groups is 2. The molecule has 3 heterocycles. The average Bonchev–Trinajstić information content (AvgIpc) is 2.81. The fourth-order valence-corrected chi connectivity index (χ4v) is 2.41. The minimum Gasteiger partial charge on any atom is -0.291 e. The molecule has 0 unspecified atom stereocenters. The Bertz CT molecular complexity index is 652. The second-order valence-electron chi connectivity index (χ2n) is 3.92. The summed E-state index contributed by atoms with van der Waals surface area (Å²) < 4.78 is 2.50. The monoisotopic (exact) mass is 308 g/mol. The molecule has 0 aromatic carbocycles. The van der Waals surface area contributed by atoms with Gasteiger partial charge >= 0.3 is 6.03 Å². The van der Waals surface area contributed by atoms with Crippen LogP contribution in [0.4, 0.5) is 10.5 Å². The molecule has 1 saturated heterocycles. The van der Waals surface area contributed by atoms with Crippen LogP contribution in [0.3, 0.4) is 0 Å². The lowest BCUT2D eigenvalue weighted by atomic mass is 10.2. The third kappa shape index (κ3) is 1.67. The molecular formula is C11H9BrN4O2. The standard InChI is InChI=1S/C11H9BrN4O2/c12-9-2-1-7(8-3-5-13-16(8)9)15-6-4-10(17)14-11(15)18/h1-3,5H,4,6H2,(H,14,17,18). The van der Waals surface area contributed by atoms with Gasteiger partial charge in [-0.25, -0.2) is 9.31 Å². The molecule has 0 bridgehead atoms.